The molecule has 0 bridgehead atoms. The van der Waals surface area contributed by atoms with Crippen LogP contribution in [0.1, 0.15) is 18.5 Å². The van der Waals surface area contributed by atoms with Crippen molar-refractivity contribution in [1.29, 1.82) is 0 Å². The van der Waals surface area contributed by atoms with Crippen LogP contribution in [0.15, 0.2) is 41.3 Å². The summed E-state index contributed by atoms with van der Waals surface area (Å²) in [6, 6.07) is 3.56. The number of amides is 2. The lowest BCUT2D eigenvalue weighted by molar-refractivity contribution is 0.192. The van der Waals surface area contributed by atoms with Gasteiger partial charge in [0.15, 0.2) is 11.6 Å². The summed E-state index contributed by atoms with van der Waals surface area (Å²) in [5.41, 5.74) is -0.553. The lowest BCUT2D eigenvalue weighted by Crippen LogP contribution is -2.56. The van der Waals surface area contributed by atoms with Crippen molar-refractivity contribution in [3.05, 3.63) is 74.9 Å². The maximum Gasteiger partial charge on any atom is 0.320 e. The summed E-state index contributed by atoms with van der Waals surface area (Å²) in [5, 5.41) is -0.518. The van der Waals surface area contributed by atoms with Crippen LogP contribution in [0.4, 0.5) is 23.7 Å². The first-order valence-corrected chi connectivity index (χ1v) is 9.21. The highest BCUT2D eigenvalue weighted by Gasteiger charge is 2.32. The monoisotopic (exact) mass is 439 g/mol. The number of carbonyl (C=O) groups is 1. The molecular formula is C19H12B3ClF3N3O2. The summed E-state index contributed by atoms with van der Waals surface area (Å²) >= 11 is 5.72. The Hall–Kier alpha value is -2.81. The summed E-state index contributed by atoms with van der Waals surface area (Å²) in [6.07, 6.45) is 1.22. The molecule has 3 rings (SSSR count). The minimum Gasteiger partial charge on any atom is -0.337 e. The van der Waals surface area contributed by atoms with Crippen LogP contribution in [0.25, 0.3) is 10.8 Å². The van der Waals surface area contributed by atoms with Gasteiger partial charge >= 0.3 is 6.03 Å². The average molecular weight is 439 g/mol. The predicted molar refractivity (Wildman–Crippen MR) is 115 cm³/mol. The molecule has 1 heterocycles. The predicted octanol–water partition coefficient (Wildman–Crippen LogP) is 3.31. The van der Waals surface area contributed by atoms with Gasteiger partial charge in [0, 0.05) is 11.9 Å². The van der Waals surface area contributed by atoms with Gasteiger partial charge in [-0.15, -0.1) is 0 Å². The molecule has 0 aliphatic heterocycles. The molecule has 12 heteroatoms. The average Bonchev–Trinajstić information content (AvgIpc) is 2.66. The Bertz CT molecular complexity index is 1230. The van der Waals surface area contributed by atoms with Crippen molar-refractivity contribution in [3.63, 3.8) is 0 Å². The second-order valence-corrected chi connectivity index (χ2v) is 7.26. The van der Waals surface area contributed by atoms with Crippen molar-refractivity contribution in [2.45, 2.75) is 18.2 Å². The zero-order chi connectivity index (χ0) is 23.1. The van der Waals surface area contributed by atoms with Gasteiger partial charge in [0.25, 0.3) is 5.56 Å². The molecule has 2 amide bonds. The van der Waals surface area contributed by atoms with E-state index in [-0.39, 0.29) is 21.7 Å². The second kappa shape index (κ2) is 8.38. The number of nitrogens with one attached hydrogen (secondary N) is 2. The summed E-state index contributed by atoms with van der Waals surface area (Å²) in [5.74, 6) is -3.25. The van der Waals surface area contributed by atoms with Crippen molar-refractivity contribution >= 4 is 57.6 Å². The quantitative estimate of drug-likeness (QED) is 0.613. The number of fused-ring (bicyclic) bond motifs is 1. The van der Waals surface area contributed by atoms with Gasteiger partial charge < -0.3 is 15.2 Å². The Balaban J connectivity index is 2.07. The first-order valence-electron chi connectivity index (χ1n) is 8.83. The number of carbonyl (C=O) groups excluding carboxylic acids is 1. The SMILES string of the molecule is [B]C([B])([B])N(C(=O)Nc1ccc(F)c(Cl)c1)C(C)c1c[nH]c(=O)c2c(F)c(F)ccc12. The normalized spacial score (nSPS) is 12.5. The number of pyridine rings is 1. The van der Waals surface area contributed by atoms with Crippen LogP contribution in [0.2, 0.25) is 5.02 Å². The molecule has 152 valence electrons. The van der Waals surface area contributed by atoms with Gasteiger partial charge in [-0.2, -0.15) is 0 Å². The van der Waals surface area contributed by atoms with E-state index in [0.717, 1.165) is 23.1 Å². The summed E-state index contributed by atoms with van der Waals surface area (Å²) in [7, 11) is 17.3. The molecular weight excluding hydrogens is 427 g/mol. The smallest absolute Gasteiger partial charge is 0.320 e. The van der Waals surface area contributed by atoms with E-state index in [4.69, 9.17) is 35.1 Å². The van der Waals surface area contributed by atoms with Crippen LogP contribution in [0.5, 0.6) is 0 Å². The van der Waals surface area contributed by atoms with Crippen molar-refractivity contribution in [2.24, 2.45) is 0 Å². The van der Waals surface area contributed by atoms with Crippen LogP contribution < -0.4 is 10.9 Å². The van der Waals surface area contributed by atoms with Crippen molar-refractivity contribution in [1.82, 2.24) is 9.88 Å². The summed E-state index contributed by atoms with van der Waals surface area (Å²) < 4.78 is 41.3. The number of benzene rings is 2. The number of halogens is 4. The van der Waals surface area contributed by atoms with Crippen LogP contribution >= 0.6 is 11.6 Å². The molecule has 2 aromatic carbocycles. The number of rotatable bonds is 4. The van der Waals surface area contributed by atoms with Crippen LogP contribution in [-0.4, -0.2) is 44.7 Å². The topological polar surface area (TPSA) is 65.2 Å². The highest BCUT2D eigenvalue weighted by Crippen LogP contribution is 2.31. The number of H-pyrrole nitrogens is 1. The molecule has 0 saturated carbocycles. The van der Waals surface area contributed by atoms with E-state index >= 15 is 0 Å². The Labute approximate surface area is 184 Å². The Morgan fingerprint density at radius 1 is 1.16 bits per heavy atom. The molecule has 0 saturated heterocycles. The van der Waals surface area contributed by atoms with E-state index < -0.39 is 45.7 Å². The zero-order valence-electron chi connectivity index (χ0n) is 16.0. The molecule has 0 aliphatic rings. The van der Waals surface area contributed by atoms with Crippen LogP contribution in [0, 0.1) is 17.5 Å². The van der Waals surface area contributed by atoms with Crippen molar-refractivity contribution < 1.29 is 18.0 Å². The largest absolute Gasteiger partial charge is 0.337 e. The van der Waals surface area contributed by atoms with Crippen LogP contribution in [-0.2, 0) is 0 Å². The minimum absolute atomic E-state index is 0.0297. The second-order valence-electron chi connectivity index (χ2n) is 6.85. The zero-order valence-corrected chi connectivity index (χ0v) is 16.8. The molecule has 5 nitrogen and oxygen atoms in total. The lowest BCUT2D eigenvalue weighted by Gasteiger charge is -2.42. The molecule has 1 unspecified atom stereocenters. The third kappa shape index (κ3) is 4.46. The van der Waals surface area contributed by atoms with E-state index in [1.54, 1.807) is 0 Å². The lowest BCUT2D eigenvalue weighted by atomic mass is 9.48. The minimum atomic E-state index is -2.21. The fraction of sp³-hybridized carbons (Fsp3) is 0.158. The fourth-order valence-electron chi connectivity index (χ4n) is 3.24. The van der Waals surface area contributed by atoms with E-state index in [1.165, 1.54) is 25.3 Å². The van der Waals surface area contributed by atoms with E-state index in [0.29, 0.717) is 0 Å². The Morgan fingerprint density at radius 3 is 2.42 bits per heavy atom. The number of aromatic nitrogens is 1. The van der Waals surface area contributed by atoms with E-state index in [9.17, 15) is 22.8 Å². The third-order valence-corrected chi connectivity index (χ3v) is 4.93. The first-order chi connectivity index (χ1) is 14.4. The van der Waals surface area contributed by atoms with Crippen LogP contribution in [0.3, 0.4) is 0 Å². The Kier molecular flexibility index (Phi) is 6.18. The molecule has 31 heavy (non-hydrogen) atoms. The molecule has 1 aromatic heterocycles. The van der Waals surface area contributed by atoms with E-state index in [1.807, 2.05) is 0 Å². The Morgan fingerprint density at radius 2 is 1.81 bits per heavy atom. The number of nitrogens with zero attached hydrogens (tertiary/aromatic N) is 1. The van der Waals surface area contributed by atoms with Gasteiger partial charge in [-0.3, -0.25) is 4.79 Å². The van der Waals surface area contributed by atoms with E-state index in [2.05, 4.69) is 10.3 Å². The van der Waals surface area contributed by atoms with Gasteiger partial charge in [0.1, 0.15) is 5.82 Å². The highest BCUT2D eigenvalue weighted by molar-refractivity contribution is 6.59. The van der Waals surface area contributed by atoms with Gasteiger partial charge in [0.05, 0.1) is 40.0 Å². The highest BCUT2D eigenvalue weighted by atomic mass is 35.5. The number of hydrogen-bond donors (Lipinski definition) is 2. The molecule has 1 atom stereocenters. The van der Waals surface area contributed by atoms with Gasteiger partial charge in [0.2, 0.25) is 0 Å². The molecule has 0 aliphatic carbocycles. The third-order valence-electron chi connectivity index (χ3n) is 4.64. The molecule has 3 aromatic rings. The maximum absolute atomic E-state index is 14.2. The van der Waals surface area contributed by atoms with Gasteiger partial charge in [-0.1, -0.05) is 22.9 Å². The van der Waals surface area contributed by atoms with Gasteiger partial charge in [-0.05, 0) is 42.1 Å². The molecule has 0 fully saturated rings. The number of aromatic amines is 1. The number of urea groups is 1. The van der Waals surface area contributed by atoms with Crippen molar-refractivity contribution in [2.75, 3.05) is 5.32 Å². The number of anilines is 1. The maximum atomic E-state index is 14.2. The first kappa shape index (κ1) is 22.9. The van der Waals surface area contributed by atoms with Gasteiger partial charge in [-0.25, -0.2) is 18.0 Å². The fourth-order valence-corrected chi connectivity index (χ4v) is 3.42. The molecule has 2 N–H and O–H groups in total. The van der Waals surface area contributed by atoms with Crippen molar-refractivity contribution in [3.8, 4) is 0 Å². The molecule has 0 spiro atoms. The standard InChI is InChI=1S/C19H12B3ClF3N3O2/c1-8(11-7-27-17(30)15-10(11)3-5-14(25)16(15)26)29(19(20,21)22)18(31)28-9-2-4-13(24)12(23)6-9/h2-8H,1H3,(H,27,30)(H,28,31). The summed E-state index contributed by atoms with van der Waals surface area (Å²) in [4.78, 5) is 28.1. The summed E-state index contributed by atoms with van der Waals surface area (Å²) in [6.45, 7) is 1.47. The number of hydrogen-bond acceptors (Lipinski definition) is 2. The molecule has 6 radical (unpaired) electrons.